The van der Waals surface area contributed by atoms with E-state index in [4.69, 9.17) is 24.3 Å². The zero-order valence-corrected chi connectivity index (χ0v) is 32.8. The SMILES string of the molecule is c1ccc(-c2nc(-c3ccc(-n4c5ccccc5c5ccccc54)cc3)nc(-c3cccc(-c4ccc5c(c4)nc(-c4ccccc4)c4ccc6nsnc6c45)c3)n2)cc1. The van der Waals surface area contributed by atoms with Crippen molar-refractivity contribution in [2.75, 3.05) is 0 Å². The van der Waals surface area contributed by atoms with Gasteiger partial charge in [-0.05, 0) is 71.8 Å². The van der Waals surface area contributed by atoms with Crippen LogP contribution in [-0.4, -0.2) is 33.3 Å². The van der Waals surface area contributed by atoms with Gasteiger partial charge in [0.25, 0.3) is 0 Å². The van der Waals surface area contributed by atoms with Crippen molar-refractivity contribution in [1.82, 2.24) is 33.3 Å². The Kier molecular flexibility index (Phi) is 7.89. The van der Waals surface area contributed by atoms with E-state index in [1.54, 1.807) is 0 Å². The first kappa shape index (κ1) is 34.1. The minimum absolute atomic E-state index is 0.599. The zero-order chi connectivity index (χ0) is 39.6. The third kappa shape index (κ3) is 5.65. The lowest BCUT2D eigenvalue weighted by atomic mass is 9.96. The molecule has 0 radical (unpaired) electrons. The topological polar surface area (TPSA) is 82.3 Å². The van der Waals surface area contributed by atoms with Crippen LogP contribution in [0.4, 0.5) is 0 Å². The lowest BCUT2D eigenvalue weighted by molar-refractivity contribution is 1.07. The van der Waals surface area contributed by atoms with Crippen molar-refractivity contribution in [2.24, 2.45) is 0 Å². The number of benzene rings is 8. The van der Waals surface area contributed by atoms with Crippen molar-refractivity contribution in [1.29, 1.82) is 0 Å². The highest BCUT2D eigenvalue weighted by molar-refractivity contribution is 7.00. The van der Waals surface area contributed by atoms with Gasteiger partial charge in [-0.1, -0.05) is 127 Å². The van der Waals surface area contributed by atoms with Crippen LogP contribution in [0.5, 0.6) is 0 Å². The van der Waals surface area contributed by atoms with E-state index in [0.29, 0.717) is 17.5 Å². The highest BCUT2D eigenvalue weighted by Crippen LogP contribution is 2.39. The van der Waals surface area contributed by atoms with Gasteiger partial charge in [0, 0.05) is 54.9 Å². The highest BCUT2D eigenvalue weighted by atomic mass is 32.1. The summed E-state index contributed by atoms with van der Waals surface area (Å²) in [5.74, 6) is 1.82. The summed E-state index contributed by atoms with van der Waals surface area (Å²) in [5, 5.41) is 5.63. The fraction of sp³-hybridized carbons (Fsp3) is 0. The molecule has 0 aliphatic rings. The minimum Gasteiger partial charge on any atom is -0.309 e. The molecule has 12 rings (SSSR count). The maximum Gasteiger partial charge on any atom is 0.164 e. The summed E-state index contributed by atoms with van der Waals surface area (Å²) < 4.78 is 11.6. The van der Waals surface area contributed by atoms with Crippen molar-refractivity contribution < 1.29 is 0 Å². The molecule has 60 heavy (non-hydrogen) atoms. The third-order valence-electron chi connectivity index (χ3n) is 11.3. The summed E-state index contributed by atoms with van der Waals surface area (Å²) in [7, 11) is 0. The molecule has 0 N–H and O–H groups in total. The monoisotopic (exact) mass is 785 g/mol. The molecule has 0 saturated carbocycles. The molecule has 0 unspecified atom stereocenters. The molecule has 0 bridgehead atoms. The van der Waals surface area contributed by atoms with Crippen LogP contribution >= 0.6 is 11.7 Å². The van der Waals surface area contributed by atoms with Gasteiger partial charge in [0.2, 0.25) is 0 Å². The van der Waals surface area contributed by atoms with Crippen molar-refractivity contribution >= 4 is 66.2 Å². The molecular formula is C52H31N7S. The van der Waals surface area contributed by atoms with Crippen molar-refractivity contribution in [3.63, 3.8) is 0 Å². The Morgan fingerprint density at radius 1 is 0.350 bits per heavy atom. The molecule has 4 heterocycles. The number of hydrogen-bond donors (Lipinski definition) is 0. The van der Waals surface area contributed by atoms with Gasteiger partial charge in [0.05, 0.1) is 34.0 Å². The molecule has 280 valence electrons. The predicted molar refractivity (Wildman–Crippen MR) is 245 cm³/mol. The molecular weight excluding hydrogens is 755 g/mol. The number of fused-ring (bicyclic) bond motifs is 8. The van der Waals surface area contributed by atoms with E-state index in [1.807, 2.05) is 42.5 Å². The molecule has 8 aromatic carbocycles. The first-order valence-electron chi connectivity index (χ1n) is 19.8. The Hall–Kier alpha value is -7.94. The van der Waals surface area contributed by atoms with Crippen LogP contribution in [0.25, 0.3) is 117 Å². The Morgan fingerprint density at radius 3 is 1.62 bits per heavy atom. The van der Waals surface area contributed by atoms with Gasteiger partial charge in [-0.3, -0.25) is 0 Å². The van der Waals surface area contributed by atoms with E-state index in [-0.39, 0.29) is 0 Å². The minimum atomic E-state index is 0.599. The van der Waals surface area contributed by atoms with Gasteiger partial charge in [-0.15, -0.1) is 0 Å². The van der Waals surface area contributed by atoms with E-state index in [2.05, 4.69) is 155 Å². The van der Waals surface area contributed by atoms with Crippen molar-refractivity contribution in [3.8, 4) is 62.2 Å². The maximum absolute atomic E-state index is 5.29. The van der Waals surface area contributed by atoms with Gasteiger partial charge in [-0.25, -0.2) is 19.9 Å². The van der Waals surface area contributed by atoms with Gasteiger partial charge < -0.3 is 4.57 Å². The van der Waals surface area contributed by atoms with Crippen molar-refractivity contribution in [3.05, 3.63) is 188 Å². The molecule has 0 spiro atoms. The quantitative estimate of drug-likeness (QED) is 0.156. The van der Waals surface area contributed by atoms with Gasteiger partial charge >= 0.3 is 0 Å². The van der Waals surface area contributed by atoms with E-state index >= 15 is 0 Å². The van der Waals surface area contributed by atoms with Crippen LogP contribution in [0.1, 0.15) is 0 Å². The average Bonchev–Trinajstić information content (AvgIpc) is 3.95. The number of hydrogen-bond acceptors (Lipinski definition) is 7. The number of nitrogens with zero attached hydrogens (tertiary/aromatic N) is 7. The van der Waals surface area contributed by atoms with E-state index in [1.165, 1.54) is 33.5 Å². The molecule has 0 fully saturated rings. The first-order valence-corrected chi connectivity index (χ1v) is 20.5. The summed E-state index contributed by atoms with van der Waals surface area (Å²) in [6, 6.07) is 65.1. The number of aromatic nitrogens is 7. The Balaban J connectivity index is 0.971. The number of rotatable bonds is 6. The van der Waals surface area contributed by atoms with Crippen LogP contribution in [0.3, 0.4) is 0 Å². The largest absolute Gasteiger partial charge is 0.309 e. The summed E-state index contributed by atoms with van der Waals surface area (Å²) >= 11 is 1.24. The van der Waals surface area contributed by atoms with Crippen LogP contribution in [-0.2, 0) is 0 Å². The van der Waals surface area contributed by atoms with Crippen LogP contribution in [0.15, 0.2) is 188 Å². The predicted octanol–water partition coefficient (Wildman–Crippen LogP) is 13.0. The molecule has 0 aliphatic heterocycles. The second-order valence-corrected chi connectivity index (χ2v) is 15.4. The summed E-state index contributed by atoms with van der Waals surface area (Å²) in [5.41, 5.74) is 12.9. The molecule has 0 amide bonds. The average molecular weight is 786 g/mol. The molecule has 0 aliphatic carbocycles. The second-order valence-electron chi connectivity index (χ2n) is 14.8. The lowest BCUT2D eigenvalue weighted by Crippen LogP contribution is -2.00. The number of pyridine rings is 1. The maximum atomic E-state index is 5.29. The summed E-state index contributed by atoms with van der Waals surface area (Å²) in [4.78, 5) is 20.5. The molecule has 12 aromatic rings. The van der Waals surface area contributed by atoms with Gasteiger partial charge in [0.1, 0.15) is 11.0 Å². The third-order valence-corrected chi connectivity index (χ3v) is 11.9. The molecule has 0 saturated heterocycles. The molecule has 8 heteroatoms. The normalized spacial score (nSPS) is 11.7. The molecule has 0 atom stereocenters. The van der Waals surface area contributed by atoms with E-state index in [0.717, 1.165) is 77.5 Å². The highest BCUT2D eigenvalue weighted by Gasteiger charge is 2.18. The molecule has 7 nitrogen and oxygen atoms in total. The van der Waals surface area contributed by atoms with Crippen LogP contribution in [0, 0.1) is 0 Å². The van der Waals surface area contributed by atoms with Crippen molar-refractivity contribution in [2.45, 2.75) is 0 Å². The zero-order valence-electron chi connectivity index (χ0n) is 31.9. The smallest absolute Gasteiger partial charge is 0.164 e. The van der Waals surface area contributed by atoms with Gasteiger partial charge in [0.15, 0.2) is 17.5 Å². The van der Waals surface area contributed by atoms with Crippen LogP contribution in [0.2, 0.25) is 0 Å². The first-order chi connectivity index (χ1) is 29.7. The van der Waals surface area contributed by atoms with E-state index < -0.39 is 0 Å². The van der Waals surface area contributed by atoms with Gasteiger partial charge in [-0.2, -0.15) is 8.75 Å². The van der Waals surface area contributed by atoms with E-state index in [9.17, 15) is 0 Å². The Labute approximate surface area is 348 Å². The van der Waals surface area contributed by atoms with Crippen LogP contribution < -0.4 is 0 Å². The lowest BCUT2D eigenvalue weighted by Gasteiger charge is -2.13. The number of para-hydroxylation sites is 2. The summed E-state index contributed by atoms with van der Waals surface area (Å²) in [6.45, 7) is 0. The summed E-state index contributed by atoms with van der Waals surface area (Å²) in [6.07, 6.45) is 0. The molecule has 4 aromatic heterocycles. The Bertz CT molecular complexity index is 3540. The Morgan fingerprint density at radius 2 is 0.900 bits per heavy atom. The fourth-order valence-electron chi connectivity index (χ4n) is 8.48. The second kappa shape index (κ2) is 13.9. The fourth-order valence-corrected chi connectivity index (χ4v) is 9.02. The standard InChI is InChI=1S/C52H31N7S/c1-3-12-32(13-4-1)48-42-28-29-43-49(58-60-57-43)47(42)41-27-24-36(31-44(41)53-48)35-16-11-17-37(30-35)52-55-50(33-14-5-2-6-15-33)54-51(56-52)34-22-25-38(26-23-34)59-45-20-9-7-18-39(45)40-19-8-10-21-46(40)59/h1-31H.